The molecule has 0 saturated heterocycles. The van der Waals surface area contributed by atoms with Gasteiger partial charge < -0.3 is 0 Å². The average Bonchev–Trinajstić information content (AvgIpc) is 3.01. The van der Waals surface area contributed by atoms with Crippen LogP contribution in [0.5, 0.6) is 0 Å². The van der Waals surface area contributed by atoms with Gasteiger partial charge in [0.2, 0.25) is 0 Å². The van der Waals surface area contributed by atoms with Crippen molar-refractivity contribution in [3.8, 4) is 22.5 Å². The summed E-state index contributed by atoms with van der Waals surface area (Å²) in [5, 5.41) is 5.38. The number of aryl methyl sites for hydroxylation is 1. The van der Waals surface area contributed by atoms with Crippen LogP contribution in [-0.2, 0) is 0 Å². The van der Waals surface area contributed by atoms with Crippen molar-refractivity contribution >= 4 is 17.2 Å². The third kappa shape index (κ3) is 2.60. The summed E-state index contributed by atoms with van der Waals surface area (Å²) >= 11 is 5.95. The van der Waals surface area contributed by atoms with E-state index in [1.165, 1.54) is 0 Å². The first kappa shape index (κ1) is 14.0. The molecule has 0 aliphatic heterocycles. The molecule has 0 saturated carbocycles. The molecular weight excluding hydrogens is 306 g/mol. The van der Waals surface area contributed by atoms with Crippen LogP contribution >= 0.6 is 11.6 Å². The second kappa shape index (κ2) is 5.52. The lowest BCUT2D eigenvalue weighted by Gasteiger charge is -2.04. The largest absolute Gasteiger partial charge is 0.229 e. The maximum atomic E-state index is 5.95. The summed E-state index contributed by atoms with van der Waals surface area (Å²) in [4.78, 5) is 4.74. The van der Waals surface area contributed by atoms with Crippen LogP contribution in [0, 0.1) is 6.92 Å². The molecule has 3 nitrogen and oxygen atoms in total. The Labute approximate surface area is 139 Å². The van der Waals surface area contributed by atoms with Crippen LogP contribution in [0.1, 0.15) is 5.69 Å². The number of benzene rings is 2. The minimum absolute atomic E-state index is 0.721. The molecule has 2 aromatic heterocycles. The molecule has 4 heteroatoms. The number of nitrogens with zero attached hydrogens (tertiary/aromatic N) is 3. The molecule has 2 aromatic carbocycles. The molecule has 0 aliphatic carbocycles. The van der Waals surface area contributed by atoms with Crippen LogP contribution in [0.3, 0.4) is 0 Å². The van der Waals surface area contributed by atoms with Gasteiger partial charge >= 0.3 is 0 Å². The first-order valence-electron chi connectivity index (χ1n) is 7.39. The summed E-state index contributed by atoms with van der Waals surface area (Å²) in [6, 6.07) is 21.9. The van der Waals surface area contributed by atoms with Gasteiger partial charge in [0.25, 0.3) is 0 Å². The third-order valence-electron chi connectivity index (χ3n) is 3.81. The second-order valence-electron chi connectivity index (χ2n) is 5.46. The molecule has 2 heterocycles. The average molecular weight is 320 g/mol. The maximum Gasteiger partial charge on any atom is 0.156 e. The standard InChI is InChI=1S/C19H14ClN3/c1-13-11-17(14-5-3-2-4-6-14)21-19-12-18(22-23(13)19)15-7-9-16(20)10-8-15/h2-12H,1H3. The lowest BCUT2D eigenvalue weighted by molar-refractivity contribution is 0.900. The Morgan fingerprint density at radius 2 is 1.52 bits per heavy atom. The van der Waals surface area contributed by atoms with Crippen LogP contribution in [0.4, 0.5) is 0 Å². The van der Waals surface area contributed by atoms with E-state index in [9.17, 15) is 0 Å². The molecule has 0 amide bonds. The summed E-state index contributed by atoms with van der Waals surface area (Å²) in [7, 11) is 0. The Hall–Kier alpha value is -2.65. The van der Waals surface area contributed by atoms with E-state index in [0.717, 1.165) is 38.9 Å². The molecule has 0 unspecified atom stereocenters. The van der Waals surface area contributed by atoms with Crippen LogP contribution in [0.2, 0.25) is 5.02 Å². The van der Waals surface area contributed by atoms with E-state index in [2.05, 4.69) is 23.3 Å². The summed E-state index contributed by atoms with van der Waals surface area (Å²) in [5.74, 6) is 0. The fraction of sp³-hybridized carbons (Fsp3) is 0.0526. The molecule has 0 spiro atoms. The van der Waals surface area contributed by atoms with Crippen molar-refractivity contribution in [1.82, 2.24) is 14.6 Å². The number of hydrogen-bond acceptors (Lipinski definition) is 2. The highest BCUT2D eigenvalue weighted by atomic mass is 35.5. The molecule has 112 valence electrons. The zero-order valence-corrected chi connectivity index (χ0v) is 13.3. The molecular formula is C19H14ClN3. The highest BCUT2D eigenvalue weighted by Crippen LogP contribution is 2.24. The van der Waals surface area contributed by atoms with Gasteiger partial charge in [-0.1, -0.05) is 54.1 Å². The molecule has 0 fully saturated rings. The van der Waals surface area contributed by atoms with Gasteiger partial charge in [-0.15, -0.1) is 0 Å². The summed E-state index contributed by atoms with van der Waals surface area (Å²) < 4.78 is 1.87. The SMILES string of the molecule is Cc1cc(-c2ccccc2)nc2cc(-c3ccc(Cl)cc3)nn12. The van der Waals surface area contributed by atoms with Crippen molar-refractivity contribution in [2.45, 2.75) is 6.92 Å². The zero-order chi connectivity index (χ0) is 15.8. The van der Waals surface area contributed by atoms with Crippen molar-refractivity contribution in [2.75, 3.05) is 0 Å². The Morgan fingerprint density at radius 1 is 0.826 bits per heavy atom. The Kier molecular flexibility index (Phi) is 3.36. The first-order valence-corrected chi connectivity index (χ1v) is 7.77. The van der Waals surface area contributed by atoms with E-state index in [1.54, 1.807) is 0 Å². The van der Waals surface area contributed by atoms with Gasteiger partial charge in [0.1, 0.15) is 0 Å². The molecule has 4 aromatic rings. The van der Waals surface area contributed by atoms with Crippen LogP contribution in [-0.4, -0.2) is 14.6 Å². The Balaban J connectivity index is 1.85. The fourth-order valence-corrected chi connectivity index (χ4v) is 2.77. The van der Waals surface area contributed by atoms with Crippen molar-refractivity contribution in [3.05, 3.63) is 77.4 Å². The number of halogens is 1. The highest BCUT2D eigenvalue weighted by Gasteiger charge is 2.09. The summed E-state index contributed by atoms with van der Waals surface area (Å²) in [5.41, 5.74) is 5.87. The lowest BCUT2D eigenvalue weighted by Crippen LogP contribution is -1.97. The minimum Gasteiger partial charge on any atom is -0.229 e. The third-order valence-corrected chi connectivity index (χ3v) is 4.07. The van der Waals surface area contributed by atoms with Gasteiger partial charge in [-0.05, 0) is 25.1 Å². The predicted molar refractivity (Wildman–Crippen MR) is 93.6 cm³/mol. The van der Waals surface area contributed by atoms with Gasteiger partial charge in [-0.3, -0.25) is 0 Å². The monoisotopic (exact) mass is 319 g/mol. The van der Waals surface area contributed by atoms with Crippen molar-refractivity contribution < 1.29 is 0 Å². The molecule has 23 heavy (non-hydrogen) atoms. The van der Waals surface area contributed by atoms with Crippen LogP contribution in [0.25, 0.3) is 28.2 Å². The second-order valence-corrected chi connectivity index (χ2v) is 5.89. The van der Waals surface area contributed by atoms with E-state index in [1.807, 2.05) is 60.0 Å². The zero-order valence-electron chi connectivity index (χ0n) is 12.6. The van der Waals surface area contributed by atoms with E-state index in [4.69, 9.17) is 16.6 Å². The highest BCUT2D eigenvalue weighted by molar-refractivity contribution is 6.30. The number of hydrogen-bond donors (Lipinski definition) is 0. The Bertz CT molecular complexity index is 973. The van der Waals surface area contributed by atoms with E-state index < -0.39 is 0 Å². The Morgan fingerprint density at radius 3 is 2.26 bits per heavy atom. The lowest BCUT2D eigenvalue weighted by atomic mass is 10.1. The van der Waals surface area contributed by atoms with Gasteiger partial charge in [-0.25, -0.2) is 9.50 Å². The maximum absolute atomic E-state index is 5.95. The molecule has 0 N–H and O–H groups in total. The van der Waals surface area contributed by atoms with Gasteiger partial charge in [-0.2, -0.15) is 5.10 Å². The quantitative estimate of drug-likeness (QED) is 0.519. The molecule has 0 aliphatic rings. The van der Waals surface area contributed by atoms with E-state index in [-0.39, 0.29) is 0 Å². The number of aromatic nitrogens is 3. The van der Waals surface area contributed by atoms with Crippen molar-refractivity contribution in [3.63, 3.8) is 0 Å². The van der Waals surface area contributed by atoms with E-state index >= 15 is 0 Å². The summed E-state index contributed by atoms with van der Waals surface area (Å²) in [6.07, 6.45) is 0. The number of rotatable bonds is 2. The summed E-state index contributed by atoms with van der Waals surface area (Å²) in [6.45, 7) is 2.04. The van der Waals surface area contributed by atoms with Gasteiger partial charge in [0.15, 0.2) is 5.65 Å². The molecule has 4 rings (SSSR count). The topological polar surface area (TPSA) is 30.2 Å². The van der Waals surface area contributed by atoms with Crippen molar-refractivity contribution in [2.24, 2.45) is 0 Å². The van der Waals surface area contributed by atoms with Crippen LogP contribution in [0.15, 0.2) is 66.7 Å². The van der Waals surface area contributed by atoms with Crippen LogP contribution < -0.4 is 0 Å². The number of fused-ring (bicyclic) bond motifs is 1. The van der Waals surface area contributed by atoms with E-state index in [0.29, 0.717) is 0 Å². The van der Waals surface area contributed by atoms with Crippen molar-refractivity contribution in [1.29, 1.82) is 0 Å². The van der Waals surface area contributed by atoms with Gasteiger partial charge in [0, 0.05) is 27.9 Å². The smallest absolute Gasteiger partial charge is 0.156 e. The minimum atomic E-state index is 0.721. The molecule has 0 atom stereocenters. The normalized spacial score (nSPS) is 11.0. The predicted octanol–water partition coefficient (Wildman–Crippen LogP) is 5.03. The molecule has 0 bridgehead atoms. The fourth-order valence-electron chi connectivity index (χ4n) is 2.64. The van der Waals surface area contributed by atoms with Gasteiger partial charge in [0.05, 0.1) is 11.4 Å². The first-order chi connectivity index (χ1) is 11.2. The molecule has 0 radical (unpaired) electrons.